The van der Waals surface area contributed by atoms with Crippen molar-refractivity contribution in [3.8, 4) is 17.0 Å². The molecule has 0 aliphatic carbocycles. The number of ether oxygens (including phenoxy) is 1. The molecule has 8 nitrogen and oxygen atoms in total. The highest BCUT2D eigenvalue weighted by Gasteiger charge is 2.21. The predicted molar refractivity (Wildman–Crippen MR) is 130 cm³/mol. The number of nitrogens with one attached hydrogen (secondary N) is 1. The average molecular weight is 474 g/mol. The van der Waals surface area contributed by atoms with Crippen LogP contribution in [0.5, 0.6) is 5.75 Å². The van der Waals surface area contributed by atoms with E-state index in [9.17, 15) is 14.0 Å². The summed E-state index contributed by atoms with van der Waals surface area (Å²) >= 11 is 0. The van der Waals surface area contributed by atoms with E-state index in [0.717, 1.165) is 5.56 Å². The highest BCUT2D eigenvalue weighted by atomic mass is 19.1. The maximum absolute atomic E-state index is 13.6. The maximum atomic E-state index is 13.6. The van der Waals surface area contributed by atoms with Crippen molar-refractivity contribution in [2.24, 2.45) is 5.73 Å². The molecule has 4 rings (SSSR count). The zero-order valence-electron chi connectivity index (χ0n) is 19.0. The molecule has 1 heterocycles. The number of hydrogen-bond acceptors (Lipinski definition) is 5. The van der Waals surface area contributed by atoms with Crippen LogP contribution in [0.15, 0.2) is 72.8 Å². The maximum Gasteiger partial charge on any atom is 0.255 e. The Morgan fingerprint density at radius 1 is 1.03 bits per heavy atom. The monoisotopic (exact) mass is 473 g/mol. The van der Waals surface area contributed by atoms with Crippen LogP contribution in [0.1, 0.15) is 31.8 Å². The number of hydrogen-bond donors (Lipinski definition) is 3. The number of aromatic nitrogens is 2. The van der Waals surface area contributed by atoms with Crippen molar-refractivity contribution < 1.29 is 18.7 Å². The minimum absolute atomic E-state index is 0.0960. The van der Waals surface area contributed by atoms with Crippen LogP contribution < -0.4 is 21.5 Å². The molecule has 0 radical (unpaired) electrons. The molecule has 9 heteroatoms. The van der Waals surface area contributed by atoms with Crippen molar-refractivity contribution in [3.63, 3.8) is 0 Å². The third-order valence-corrected chi connectivity index (χ3v) is 5.49. The van der Waals surface area contributed by atoms with Gasteiger partial charge in [-0.1, -0.05) is 48.5 Å². The largest absolute Gasteiger partial charge is 0.496 e. The van der Waals surface area contributed by atoms with Crippen molar-refractivity contribution in [3.05, 3.63) is 101 Å². The number of nitrogen functional groups attached to an aromatic ring is 1. The molecule has 3 aromatic carbocycles. The summed E-state index contributed by atoms with van der Waals surface area (Å²) in [5.74, 6) is -0.754. The number of carbonyl (C=O) groups excluding carboxylic acids is 2. The molecule has 0 unspecified atom stereocenters. The molecule has 2 amide bonds. The first-order chi connectivity index (χ1) is 16.9. The highest BCUT2D eigenvalue weighted by molar-refractivity contribution is 6.03. The molecule has 0 atom stereocenters. The average Bonchev–Trinajstić information content (AvgIpc) is 3.18. The number of methoxy groups -OCH3 is 1. The first-order valence-corrected chi connectivity index (χ1v) is 10.8. The van der Waals surface area contributed by atoms with Gasteiger partial charge in [-0.3, -0.25) is 9.59 Å². The Labute approximate surface area is 201 Å². The number of amides is 2. The Morgan fingerprint density at radius 3 is 2.46 bits per heavy atom. The van der Waals surface area contributed by atoms with E-state index in [0.29, 0.717) is 28.1 Å². The third kappa shape index (κ3) is 5.14. The number of primary amides is 1. The number of nitrogens with two attached hydrogens (primary N) is 2. The molecule has 1 aromatic heterocycles. The van der Waals surface area contributed by atoms with Crippen LogP contribution >= 0.6 is 0 Å². The van der Waals surface area contributed by atoms with Crippen LogP contribution in [0.25, 0.3) is 11.3 Å². The highest BCUT2D eigenvalue weighted by Crippen LogP contribution is 2.28. The summed E-state index contributed by atoms with van der Waals surface area (Å²) in [6, 6.07) is 20.2. The lowest BCUT2D eigenvalue weighted by molar-refractivity contribution is 0.0946. The van der Waals surface area contributed by atoms with Crippen LogP contribution in [0.3, 0.4) is 0 Å². The van der Waals surface area contributed by atoms with Gasteiger partial charge in [0, 0.05) is 12.1 Å². The first kappa shape index (κ1) is 23.5. The molecule has 0 saturated carbocycles. The Kier molecular flexibility index (Phi) is 6.77. The SMILES string of the molecule is COc1ccccc1C(=O)NCc1ccc(-c2nn(Cc3cccc(F)c3)c(N)c2C(N)=O)cc1. The lowest BCUT2D eigenvalue weighted by Gasteiger charge is -2.09. The van der Waals surface area contributed by atoms with Crippen LogP contribution in [0.2, 0.25) is 0 Å². The minimum atomic E-state index is -0.712. The van der Waals surface area contributed by atoms with Gasteiger partial charge in [0.25, 0.3) is 11.8 Å². The van der Waals surface area contributed by atoms with Gasteiger partial charge in [0.2, 0.25) is 0 Å². The molecule has 0 bridgehead atoms. The van der Waals surface area contributed by atoms with Gasteiger partial charge < -0.3 is 21.5 Å². The Balaban J connectivity index is 1.53. The molecule has 35 heavy (non-hydrogen) atoms. The molecular formula is C26H24FN5O3. The molecule has 0 aliphatic rings. The number of nitrogens with zero attached hydrogens (tertiary/aromatic N) is 2. The smallest absolute Gasteiger partial charge is 0.255 e. The third-order valence-electron chi connectivity index (χ3n) is 5.49. The zero-order valence-corrected chi connectivity index (χ0v) is 19.0. The summed E-state index contributed by atoms with van der Waals surface area (Å²) in [5.41, 5.74) is 14.7. The molecule has 0 fully saturated rings. The minimum Gasteiger partial charge on any atom is -0.496 e. The molecule has 0 spiro atoms. The molecular weight excluding hydrogens is 449 g/mol. The number of rotatable bonds is 8. The molecule has 178 valence electrons. The van der Waals surface area contributed by atoms with E-state index >= 15 is 0 Å². The van der Waals surface area contributed by atoms with E-state index in [-0.39, 0.29) is 36.2 Å². The van der Waals surface area contributed by atoms with Crippen molar-refractivity contribution in [2.45, 2.75) is 13.1 Å². The van der Waals surface area contributed by atoms with E-state index < -0.39 is 5.91 Å². The molecule has 5 N–H and O–H groups in total. The van der Waals surface area contributed by atoms with Gasteiger partial charge in [0.15, 0.2) is 0 Å². The van der Waals surface area contributed by atoms with E-state index in [1.165, 1.54) is 23.9 Å². The van der Waals surface area contributed by atoms with Crippen LogP contribution in [-0.4, -0.2) is 28.7 Å². The number of carbonyl (C=O) groups is 2. The Bertz CT molecular complexity index is 1380. The fourth-order valence-corrected chi connectivity index (χ4v) is 3.74. The van der Waals surface area contributed by atoms with E-state index in [1.54, 1.807) is 48.5 Å². The summed E-state index contributed by atoms with van der Waals surface area (Å²) in [4.78, 5) is 24.7. The number of benzene rings is 3. The number of anilines is 1. The van der Waals surface area contributed by atoms with Gasteiger partial charge in [-0.05, 0) is 35.4 Å². The fourth-order valence-electron chi connectivity index (χ4n) is 3.74. The molecule has 4 aromatic rings. The van der Waals surface area contributed by atoms with Gasteiger partial charge in [-0.2, -0.15) is 5.10 Å². The normalized spacial score (nSPS) is 10.7. The summed E-state index contributed by atoms with van der Waals surface area (Å²) in [5, 5.41) is 7.33. The van der Waals surface area contributed by atoms with Gasteiger partial charge in [-0.15, -0.1) is 0 Å². The van der Waals surface area contributed by atoms with Crippen molar-refractivity contribution in [1.82, 2.24) is 15.1 Å². The van der Waals surface area contributed by atoms with Crippen molar-refractivity contribution in [2.75, 3.05) is 12.8 Å². The molecule has 0 saturated heterocycles. The van der Waals surface area contributed by atoms with Gasteiger partial charge >= 0.3 is 0 Å². The second-order valence-corrected chi connectivity index (χ2v) is 7.84. The first-order valence-electron chi connectivity index (χ1n) is 10.8. The van der Waals surface area contributed by atoms with E-state index in [1.807, 2.05) is 12.1 Å². The predicted octanol–water partition coefficient (Wildman–Crippen LogP) is 3.36. The lowest BCUT2D eigenvalue weighted by atomic mass is 10.0. The van der Waals surface area contributed by atoms with Crippen molar-refractivity contribution >= 4 is 17.6 Å². The van der Waals surface area contributed by atoms with E-state index in [4.69, 9.17) is 16.2 Å². The number of halogens is 1. The second-order valence-electron chi connectivity index (χ2n) is 7.84. The fraction of sp³-hybridized carbons (Fsp3) is 0.115. The summed E-state index contributed by atoms with van der Waals surface area (Å²) in [7, 11) is 1.51. The lowest BCUT2D eigenvalue weighted by Crippen LogP contribution is -2.23. The summed E-state index contributed by atoms with van der Waals surface area (Å²) < 4.78 is 20.2. The van der Waals surface area contributed by atoms with Gasteiger partial charge in [-0.25, -0.2) is 9.07 Å². The molecule has 0 aliphatic heterocycles. The van der Waals surface area contributed by atoms with Crippen LogP contribution in [0, 0.1) is 5.82 Å². The van der Waals surface area contributed by atoms with Crippen molar-refractivity contribution in [1.29, 1.82) is 0 Å². The Morgan fingerprint density at radius 2 is 1.77 bits per heavy atom. The second kappa shape index (κ2) is 10.1. The summed E-state index contributed by atoms with van der Waals surface area (Å²) in [6.45, 7) is 0.465. The summed E-state index contributed by atoms with van der Waals surface area (Å²) in [6.07, 6.45) is 0. The van der Waals surface area contributed by atoms with Crippen LogP contribution in [-0.2, 0) is 13.1 Å². The number of para-hydroxylation sites is 1. The zero-order chi connectivity index (χ0) is 24.9. The van der Waals surface area contributed by atoms with Gasteiger partial charge in [0.05, 0.1) is 19.2 Å². The van der Waals surface area contributed by atoms with Gasteiger partial charge in [0.1, 0.15) is 28.6 Å². The quantitative estimate of drug-likeness (QED) is 0.362. The van der Waals surface area contributed by atoms with Crippen LogP contribution in [0.4, 0.5) is 10.2 Å². The Hall–Kier alpha value is -4.66. The topological polar surface area (TPSA) is 125 Å². The van der Waals surface area contributed by atoms with E-state index in [2.05, 4.69) is 10.4 Å². The standard InChI is InChI=1S/C26H24FN5O3/c1-35-21-8-3-2-7-20(21)26(34)30-14-16-9-11-18(12-10-16)23-22(25(29)33)24(28)32(31-23)15-17-5-4-6-19(27)13-17/h2-13H,14-15,28H2,1H3,(H2,29,33)(H,30,34).